The molecule has 17 heavy (non-hydrogen) atoms. The Morgan fingerprint density at radius 2 is 1.76 bits per heavy atom. The molecule has 3 rings (SSSR count). The zero-order chi connectivity index (χ0) is 12.0. The first kappa shape index (κ1) is 10.1. The number of benzene rings is 2. The Labute approximate surface area is 99.5 Å². The smallest absolute Gasteiger partial charge is 0.315 e. The number of aliphatic carboxylic acids is 1. The van der Waals surface area contributed by atoms with Gasteiger partial charge < -0.3 is 5.11 Å². The first-order valence-corrected chi connectivity index (χ1v) is 5.62. The van der Waals surface area contributed by atoms with Gasteiger partial charge in [-0.15, -0.1) is 0 Å². The number of hydrogen-bond donors (Lipinski definition) is 1. The lowest BCUT2D eigenvalue weighted by molar-refractivity contribution is -0.137. The summed E-state index contributed by atoms with van der Waals surface area (Å²) in [5.41, 5.74) is 5.02. The van der Waals surface area contributed by atoms with Crippen molar-refractivity contribution in [1.82, 2.24) is 0 Å². The SMILES string of the molecule is Cc1cccc2c1C(C(=O)O)c1ccccc1-2. The molecule has 0 amide bonds. The lowest BCUT2D eigenvalue weighted by atomic mass is 9.94. The Hall–Kier alpha value is -2.09. The highest BCUT2D eigenvalue weighted by atomic mass is 16.4. The van der Waals surface area contributed by atoms with Crippen LogP contribution >= 0.6 is 0 Å². The van der Waals surface area contributed by atoms with Crippen LogP contribution in [0.2, 0.25) is 0 Å². The molecular formula is C15H12O2. The summed E-state index contributed by atoms with van der Waals surface area (Å²) in [4.78, 5) is 11.5. The fraction of sp³-hybridized carbons (Fsp3) is 0.133. The molecule has 0 bridgehead atoms. The molecule has 0 aliphatic heterocycles. The third-order valence-electron chi connectivity index (χ3n) is 3.42. The van der Waals surface area contributed by atoms with Gasteiger partial charge in [0.15, 0.2) is 0 Å². The van der Waals surface area contributed by atoms with E-state index in [1.807, 2.05) is 49.4 Å². The minimum absolute atomic E-state index is 0.512. The van der Waals surface area contributed by atoms with Crippen LogP contribution in [0.4, 0.5) is 0 Å². The fourth-order valence-electron chi connectivity index (χ4n) is 2.70. The van der Waals surface area contributed by atoms with E-state index >= 15 is 0 Å². The Morgan fingerprint density at radius 3 is 2.53 bits per heavy atom. The van der Waals surface area contributed by atoms with E-state index < -0.39 is 11.9 Å². The van der Waals surface area contributed by atoms with Crippen molar-refractivity contribution in [2.24, 2.45) is 0 Å². The second kappa shape index (κ2) is 3.45. The van der Waals surface area contributed by atoms with Gasteiger partial charge in [0, 0.05) is 0 Å². The number of carbonyl (C=O) groups is 1. The molecule has 0 saturated heterocycles. The summed E-state index contributed by atoms with van der Waals surface area (Å²) >= 11 is 0. The van der Waals surface area contributed by atoms with Gasteiger partial charge in [-0.2, -0.15) is 0 Å². The van der Waals surface area contributed by atoms with Crippen LogP contribution in [0.1, 0.15) is 22.6 Å². The Balaban J connectivity index is 2.38. The van der Waals surface area contributed by atoms with Crippen LogP contribution in [0.3, 0.4) is 0 Å². The molecule has 0 fully saturated rings. The second-order valence-electron chi connectivity index (χ2n) is 4.39. The maximum Gasteiger partial charge on any atom is 0.315 e. The van der Waals surface area contributed by atoms with Crippen LogP contribution in [-0.4, -0.2) is 11.1 Å². The highest BCUT2D eigenvalue weighted by Crippen LogP contribution is 2.45. The first-order chi connectivity index (χ1) is 8.20. The first-order valence-electron chi connectivity index (χ1n) is 5.62. The van der Waals surface area contributed by atoms with E-state index in [0.717, 1.165) is 27.8 Å². The van der Waals surface area contributed by atoms with E-state index in [9.17, 15) is 9.90 Å². The van der Waals surface area contributed by atoms with Gasteiger partial charge in [0.2, 0.25) is 0 Å². The molecule has 0 saturated carbocycles. The van der Waals surface area contributed by atoms with Gasteiger partial charge in [0.05, 0.1) is 0 Å². The quantitative estimate of drug-likeness (QED) is 0.807. The van der Waals surface area contributed by atoms with E-state index in [2.05, 4.69) is 0 Å². The molecule has 0 spiro atoms. The van der Waals surface area contributed by atoms with Crippen molar-refractivity contribution < 1.29 is 9.90 Å². The predicted molar refractivity (Wildman–Crippen MR) is 66.1 cm³/mol. The van der Waals surface area contributed by atoms with E-state index in [-0.39, 0.29) is 0 Å². The monoisotopic (exact) mass is 224 g/mol. The molecule has 1 aliphatic rings. The Kier molecular flexibility index (Phi) is 2.05. The van der Waals surface area contributed by atoms with Crippen LogP contribution in [0.15, 0.2) is 42.5 Å². The molecule has 84 valence electrons. The van der Waals surface area contributed by atoms with Gasteiger partial charge in [0.1, 0.15) is 5.92 Å². The van der Waals surface area contributed by atoms with Crippen molar-refractivity contribution in [3.63, 3.8) is 0 Å². The summed E-state index contributed by atoms with van der Waals surface area (Å²) in [7, 11) is 0. The fourth-order valence-corrected chi connectivity index (χ4v) is 2.70. The molecule has 2 aromatic rings. The highest BCUT2D eigenvalue weighted by Gasteiger charge is 2.34. The highest BCUT2D eigenvalue weighted by molar-refractivity contribution is 5.93. The molecule has 1 unspecified atom stereocenters. The van der Waals surface area contributed by atoms with Crippen molar-refractivity contribution >= 4 is 5.97 Å². The topological polar surface area (TPSA) is 37.3 Å². The lowest BCUT2D eigenvalue weighted by Gasteiger charge is -2.10. The van der Waals surface area contributed by atoms with Crippen molar-refractivity contribution in [1.29, 1.82) is 0 Å². The maximum atomic E-state index is 11.5. The molecule has 2 aromatic carbocycles. The molecule has 0 radical (unpaired) electrons. The summed E-state index contributed by atoms with van der Waals surface area (Å²) in [5.74, 6) is -1.28. The summed E-state index contributed by atoms with van der Waals surface area (Å²) in [6, 6.07) is 13.7. The Bertz CT molecular complexity index is 614. The number of carboxylic acid groups (broad SMARTS) is 1. The Morgan fingerprint density at radius 1 is 1.06 bits per heavy atom. The van der Waals surface area contributed by atoms with E-state index in [1.165, 1.54) is 0 Å². The normalized spacial score (nSPS) is 16.4. The van der Waals surface area contributed by atoms with E-state index in [0.29, 0.717) is 0 Å². The van der Waals surface area contributed by atoms with Gasteiger partial charge in [-0.1, -0.05) is 42.5 Å². The van der Waals surface area contributed by atoms with E-state index in [1.54, 1.807) is 0 Å². The standard InChI is InChI=1S/C15H12O2/c1-9-5-4-8-11-10-6-2-3-7-12(10)14(13(9)11)15(16)17/h2-8,14H,1H3,(H,16,17). The molecule has 2 nitrogen and oxygen atoms in total. The van der Waals surface area contributed by atoms with Crippen LogP contribution in [-0.2, 0) is 4.79 Å². The van der Waals surface area contributed by atoms with Crippen molar-refractivity contribution in [2.45, 2.75) is 12.8 Å². The number of hydrogen-bond acceptors (Lipinski definition) is 1. The molecule has 0 aromatic heterocycles. The van der Waals surface area contributed by atoms with Gasteiger partial charge in [-0.3, -0.25) is 4.79 Å². The van der Waals surface area contributed by atoms with Gasteiger partial charge in [-0.25, -0.2) is 0 Å². The van der Waals surface area contributed by atoms with Crippen LogP contribution in [0, 0.1) is 6.92 Å². The minimum Gasteiger partial charge on any atom is -0.481 e. The number of aryl methyl sites for hydroxylation is 1. The molecule has 0 heterocycles. The van der Waals surface area contributed by atoms with Crippen molar-refractivity contribution in [3.8, 4) is 11.1 Å². The van der Waals surface area contributed by atoms with Crippen LogP contribution in [0.25, 0.3) is 11.1 Å². The van der Waals surface area contributed by atoms with Gasteiger partial charge in [0.25, 0.3) is 0 Å². The summed E-state index contributed by atoms with van der Waals surface area (Å²) < 4.78 is 0. The summed E-state index contributed by atoms with van der Waals surface area (Å²) in [6.45, 7) is 1.97. The predicted octanol–water partition coefficient (Wildman–Crippen LogP) is 3.19. The van der Waals surface area contributed by atoms with Crippen molar-refractivity contribution in [2.75, 3.05) is 0 Å². The van der Waals surface area contributed by atoms with E-state index in [4.69, 9.17) is 0 Å². The zero-order valence-corrected chi connectivity index (χ0v) is 9.47. The van der Waals surface area contributed by atoms with Crippen LogP contribution in [0.5, 0.6) is 0 Å². The second-order valence-corrected chi connectivity index (χ2v) is 4.39. The number of rotatable bonds is 1. The molecular weight excluding hydrogens is 212 g/mol. The van der Waals surface area contributed by atoms with Gasteiger partial charge >= 0.3 is 5.97 Å². The summed E-state index contributed by atoms with van der Waals surface area (Å²) in [6.07, 6.45) is 0. The largest absolute Gasteiger partial charge is 0.481 e. The molecule has 1 atom stereocenters. The molecule has 2 heteroatoms. The average molecular weight is 224 g/mol. The molecule has 1 aliphatic carbocycles. The average Bonchev–Trinajstić information content (AvgIpc) is 2.65. The number of carboxylic acids is 1. The minimum atomic E-state index is -0.773. The maximum absolute atomic E-state index is 11.5. The molecule has 1 N–H and O–H groups in total. The van der Waals surface area contributed by atoms with Gasteiger partial charge in [-0.05, 0) is 34.7 Å². The third-order valence-corrected chi connectivity index (χ3v) is 3.42. The lowest BCUT2D eigenvalue weighted by Crippen LogP contribution is -2.11. The summed E-state index contributed by atoms with van der Waals surface area (Å²) in [5, 5.41) is 9.43. The van der Waals surface area contributed by atoms with Crippen molar-refractivity contribution in [3.05, 3.63) is 59.2 Å². The third kappa shape index (κ3) is 1.30. The van der Waals surface area contributed by atoms with Crippen LogP contribution < -0.4 is 0 Å². The number of fused-ring (bicyclic) bond motifs is 3. The zero-order valence-electron chi connectivity index (χ0n) is 9.47.